The zero-order valence-electron chi connectivity index (χ0n) is 11.1. The van der Waals surface area contributed by atoms with Crippen molar-refractivity contribution < 1.29 is 0 Å². The highest BCUT2D eigenvalue weighted by Crippen LogP contribution is 2.28. The van der Waals surface area contributed by atoms with E-state index >= 15 is 0 Å². The van der Waals surface area contributed by atoms with Gasteiger partial charge in [-0.2, -0.15) is 0 Å². The largest absolute Gasteiger partial charge is 0.378 e. The number of halogens is 1. The second-order valence-corrected chi connectivity index (χ2v) is 6.23. The quantitative estimate of drug-likeness (QED) is 0.693. The lowest BCUT2D eigenvalue weighted by Gasteiger charge is -2.15. The molecule has 3 aromatic rings. The number of anilines is 1. The van der Waals surface area contributed by atoms with Gasteiger partial charge in [0.15, 0.2) is 0 Å². The van der Waals surface area contributed by atoms with Crippen molar-refractivity contribution in [3.8, 4) is 0 Å². The highest BCUT2D eigenvalue weighted by Gasteiger charge is 2.12. The molecule has 5 nitrogen and oxygen atoms in total. The molecule has 1 unspecified atom stereocenters. The van der Waals surface area contributed by atoms with Crippen LogP contribution in [0, 0.1) is 0 Å². The molecule has 7 heteroatoms. The third kappa shape index (κ3) is 2.59. The van der Waals surface area contributed by atoms with Gasteiger partial charge < -0.3 is 5.32 Å². The molecule has 0 aliphatic heterocycles. The Bertz CT molecular complexity index is 912. The van der Waals surface area contributed by atoms with Crippen molar-refractivity contribution in [2.75, 3.05) is 5.32 Å². The summed E-state index contributed by atoms with van der Waals surface area (Å²) in [6.07, 6.45) is 0. The Hall–Kier alpha value is -2.05. The maximum atomic E-state index is 12.0. The molecule has 108 valence electrons. The summed E-state index contributed by atoms with van der Waals surface area (Å²) >= 11 is 7.39. The number of benzene rings is 1. The molecule has 0 radical (unpaired) electrons. The highest BCUT2D eigenvalue weighted by molar-refractivity contribution is 7.14. The second-order valence-electron chi connectivity index (χ2n) is 4.69. The predicted molar refractivity (Wildman–Crippen MR) is 86.6 cm³/mol. The Kier molecular flexibility index (Phi) is 3.57. The van der Waals surface area contributed by atoms with Gasteiger partial charge in [0.1, 0.15) is 0 Å². The molecular weight excluding hydrogens is 310 g/mol. The molecule has 0 aliphatic rings. The van der Waals surface area contributed by atoms with Gasteiger partial charge in [0, 0.05) is 11.7 Å². The molecule has 0 spiro atoms. The van der Waals surface area contributed by atoms with Crippen LogP contribution in [0.2, 0.25) is 4.34 Å². The molecule has 0 bridgehead atoms. The van der Waals surface area contributed by atoms with E-state index < -0.39 is 0 Å². The molecule has 2 heterocycles. The second kappa shape index (κ2) is 5.38. The summed E-state index contributed by atoms with van der Waals surface area (Å²) < 4.78 is 0.714. The molecular formula is C14H12ClN3O2S. The van der Waals surface area contributed by atoms with Crippen molar-refractivity contribution >= 4 is 39.4 Å². The van der Waals surface area contributed by atoms with Crippen LogP contribution in [0.4, 0.5) is 5.69 Å². The van der Waals surface area contributed by atoms with Crippen LogP contribution in [0.5, 0.6) is 0 Å². The molecule has 1 aromatic carbocycles. The van der Waals surface area contributed by atoms with Gasteiger partial charge in [-0.25, -0.2) is 0 Å². The van der Waals surface area contributed by atoms with Crippen LogP contribution in [-0.2, 0) is 0 Å². The summed E-state index contributed by atoms with van der Waals surface area (Å²) in [7, 11) is 0. The summed E-state index contributed by atoms with van der Waals surface area (Å²) in [4.78, 5) is 23.8. The first-order valence-electron chi connectivity index (χ1n) is 6.30. The Morgan fingerprint density at radius 2 is 2.00 bits per heavy atom. The Balaban J connectivity index is 2.07. The monoisotopic (exact) mass is 321 g/mol. The van der Waals surface area contributed by atoms with Crippen LogP contribution in [-0.4, -0.2) is 10.2 Å². The van der Waals surface area contributed by atoms with Gasteiger partial charge in [0.2, 0.25) is 0 Å². The Morgan fingerprint density at radius 1 is 1.24 bits per heavy atom. The van der Waals surface area contributed by atoms with E-state index in [1.165, 1.54) is 11.3 Å². The number of H-pyrrole nitrogens is 2. The third-order valence-corrected chi connectivity index (χ3v) is 4.39. The first kappa shape index (κ1) is 13.9. The average molecular weight is 322 g/mol. The van der Waals surface area contributed by atoms with E-state index in [4.69, 9.17) is 11.6 Å². The molecule has 0 fully saturated rings. The van der Waals surface area contributed by atoms with E-state index in [1.54, 1.807) is 18.2 Å². The maximum Gasteiger partial charge on any atom is 0.272 e. The molecule has 2 aromatic heterocycles. The van der Waals surface area contributed by atoms with E-state index in [1.807, 2.05) is 18.4 Å². The number of thiophene rings is 1. The van der Waals surface area contributed by atoms with Gasteiger partial charge in [0.05, 0.1) is 15.1 Å². The van der Waals surface area contributed by atoms with Crippen molar-refractivity contribution in [2.45, 2.75) is 13.0 Å². The van der Waals surface area contributed by atoms with Crippen LogP contribution < -0.4 is 16.4 Å². The van der Waals surface area contributed by atoms with E-state index in [0.717, 1.165) is 5.56 Å². The van der Waals surface area contributed by atoms with Crippen LogP contribution in [0.15, 0.2) is 39.2 Å². The summed E-state index contributed by atoms with van der Waals surface area (Å²) in [5.74, 6) is 0. The summed E-state index contributed by atoms with van der Waals surface area (Å²) in [6, 6.07) is 7.00. The lowest BCUT2D eigenvalue weighted by molar-refractivity contribution is 0.891. The maximum absolute atomic E-state index is 12.0. The molecule has 1 atom stereocenters. The minimum atomic E-state index is -0.330. The minimum Gasteiger partial charge on any atom is -0.378 e. The van der Waals surface area contributed by atoms with E-state index in [2.05, 4.69) is 15.5 Å². The van der Waals surface area contributed by atoms with E-state index in [9.17, 15) is 9.59 Å². The first-order valence-corrected chi connectivity index (χ1v) is 7.56. The van der Waals surface area contributed by atoms with Crippen LogP contribution >= 0.6 is 22.9 Å². The van der Waals surface area contributed by atoms with Crippen LogP contribution in [0.1, 0.15) is 18.5 Å². The predicted octanol–water partition coefficient (Wildman–Crippen LogP) is 3.10. The number of rotatable bonds is 3. The molecule has 0 saturated carbocycles. The summed E-state index contributed by atoms with van der Waals surface area (Å²) in [5, 5.41) is 10.6. The number of aromatic nitrogens is 2. The highest BCUT2D eigenvalue weighted by atomic mass is 35.5. The molecule has 0 saturated heterocycles. The standard InChI is InChI=1S/C14H12ClN3O2S/c1-7(8-5-11(15)21-6-8)16-10-4-2-3-9-12(10)14(20)18-17-13(9)19/h2-7,16H,1H3,(H,17,19)(H,18,20). The molecule has 0 aliphatic carbocycles. The Morgan fingerprint density at radius 3 is 2.71 bits per heavy atom. The fourth-order valence-electron chi connectivity index (χ4n) is 2.22. The number of fused-ring (bicyclic) bond motifs is 1. The number of hydrogen-bond donors (Lipinski definition) is 3. The average Bonchev–Trinajstić information content (AvgIpc) is 2.90. The normalized spacial score (nSPS) is 12.5. The lowest BCUT2D eigenvalue weighted by Crippen LogP contribution is -2.20. The number of aromatic amines is 2. The van der Waals surface area contributed by atoms with Gasteiger partial charge in [-0.3, -0.25) is 19.8 Å². The van der Waals surface area contributed by atoms with Gasteiger partial charge >= 0.3 is 0 Å². The minimum absolute atomic E-state index is 0.0296. The molecule has 3 rings (SSSR count). The van der Waals surface area contributed by atoms with Gasteiger partial charge in [0.25, 0.3) is 11.1 Å². The van der Waals surface area contributed by atoms with Crippen molar-refractivity contribution in [1.82, 2.24) is 10.2 Å². The van der Waals surface area contributed by atoms with E-state index in [-0.39, 0.29) is 17.2 Å². The van der Waals surface area contributed by atoms with Gasteiger partial charge in [-0.15, -0.1) is 11.3 Å². The van der Waals surface area contributed by atoms with Crippen LogP contribution in [0.3, 0.4) is 0 Å². The SMILES string of the molecule is CC(Nc1cccc2c(=O)[nH][nH]c(=O)c12)c1csc(Cl)c1. The third-order valence-electron chi connectivity index (χ3n) is 3.29. The fourth-order valence-corrected chi connectivity index (χ4v) is 3.20. The molecule has 0 amide bonds. The fraction of sp³-hybridized carbons (Fsp3) is 0.143. The number of hydrogen-bond acceptors (Lipinski definition) is 4. The zero-order valence-corrected chi connectivity index (χ0v) is 12.6. The van der Waals surface area contributed by atoms with Gasteiger partial charge in [-0.1, -0.05) is 17.7 Å². The van der Waals surface area contributed by atoms with Crippen molar-refractivity contribution in [3.05, 3.63) is 60.3 Å². The molecule has 3 N–H and O–H groups in total. The summed E-state index contributed by atoms with van der Waals surface area (Å²) in [5.41, 5.74) is 1.00. The van der Waals surface area contributed by atoms with Crippen molar-refractivity contribution in [3.63, 3.8) is 0 Å². The zero-order chi connectivity index (χ0) is 15.0. The number of nitrogens with one attached hydrogen (secondary N) is 3. The Labute approximate surface area is 128 Å². The summed E-state index contributed by atoms with van der Waals surface area (Å²) in [6.45, 7) is 1.97. The van der Waals surface area contributed by atoms with Crippen LogP contribution in [0.25, 0.3) is 10.8 Å². The lowest BCUT2D eigenvalue weighted by atomic mass is 10.1. The first-order chi connectivity index (χ1) is 10.1. The van der Waals surface area contributed by atoms with E-state index in [0.29, 0.717) is 20.8 Å². The molecule has 21 heavy (non-hydrogen) atoms. The van der Waals surface area contributed by atoms with Crippen molar-refractivity contribution in [1.29, 1.82) is 0 Å². The smallest absolute Gasteiger partial charge is 0.272 e. The topological polar surface area (TPSA) is 77.8 Å². The van der Waals surface area contributed by atoms with Gasteiger partial charge in [-0.05, 0) is 36.1 Å². The van der Waals surface area contributed by atoms with Crippen molar-refractivity contribution in [2.24, 2.45) is 0 Å².